The molecule has 0 unspecified atom stereocenters. The number of amides is 2. The number of hydrogen-bond acceptors (Lipinski definition) is 5. The van der Waals surface area contributed by atoms with Gasteiger partial charge in [0, 0.05) is 31.0 Å². The molecule has 2 amide bonds. The minimum atomic E-state index is -1.18. The number of H-pyrrole nitrogens is 1. The van der Waals surface area contributed by atoms with E-state index in [9.17, 15) is 19.1 Å². The number of carbonyl (C=O) groups is 2. The van der Waals surface area contributed by atoms with Crippen molar-refractivity contribution in [2.24, 2.45) is 5.84 Å². The highest BCUT2D eigenvalue weighted by Gasteiger charge is 2.29. The van der Waals surface area contributed by atoms with E-state index in [4.69, 9.17) is 5.84 Å². The molecule has 11 heteroatoms. The Labute approximate surface area is 185 Å². The van der Waals surface area contributed by atoms with Crippen LogP contribution < -0.4 is 16.1 Å². The van der Waals surface area contributed by atoms with Crippen molar-refractivity contribution in [2.45, 2.75) is 18.9 Å². The summed E-state index contributed by atoms with van der Waals surface area (Å²) < 4.78 is 14.2. The van der Waals surface area contributed by atoms with Crippen molar-refractivity contribution in [3.05, 3.63) is 52.5 Å². The highest BCUT2D eigenvalue weighted by Crippen LogP contribution is 2.39. The van der Waals surface area contributed by atoms with Gasteiger partial charge in [-0.15, -0.1) is 0 Å². The maximum absolute atomic E-state index is 13.5. The number of anilines is 2. The molecule has 1 saturated heterocycles. The summed E-state index contributed by atoms with van der Waals surface area (Å²) in [5.74, 6) is 4.77. The Morgan fingerprint density at radius 1 is 1.42 bits per heavy atom. The second-order valence-corrected chi connectivity index (χ2v) is 8.13. The van der Waals surface area contributed by atoms with Gasteiger partial charge in [-0.2, -0.15) is 0 Å². The number of aromatic amines is 1. The van der Waals surface area contributed by atoms with Crippen molar-refractivity contribution < 1.29 is 19.1 Å². The Morgan fingerprint density at radius 3 is 2.97 bits per heavy atom. The SMILES string of the molecule is NN(C(=O)O)[C@@H]1CCCN(c2c(Br)cnc3[nH]cc(NC(=O)c4cccc(F)c4)c23)C1. The minimum absolute atomic E-state index is 0.192. The quantitative estimate of drug-likeness (QED) is 0.251. The monoisotopic (exact) mass is 490 g/mol. The van der Waals surface area contributed by atoms with Crippen LogP contribution in [0.4, 0.5) is 20.6 Å². The lowest BCUT2D eigenvalue weighted by Crippen LogP contribution is -2.53. The third kappa shape index (κ3) is 4.19. The maximum Gasteiger partial charge on any atom is 0.421 e. The Kier molecular flexibility index (Phi) is 5.79. The van der Waals surface area contributed by atoms with Crippen LogP contribution >= 0.6 is 15.9 Å². The van der Waals surface area contributed by atoms with Gasteiger partial charge < -0.3 is 20.3 Å². The second kappa shape index (κ2) is 8.52. The molecule has 1 aromatic carbocycles. The molecular weight excluding hydrogens is 471 g/mol. The number of nitrogens with zero attached hydrogens (tertiary/aromatic N) is 3. The zero-order valence-corrected chi connectivity index (χ0v) is 17.9. The molecule has 4 rings (SSSR count). The lowest BCUT2D eigenvalue weighted by molar-refractivity contribution is 0.102. The first-order chi connectivity index (χ1) is 14.8. The van der Waals surface area contributed by atoms with Crippen LogP contribution in [0, 0.1) is 5.82 Å². The molecule has 0 bridgehead atoms. The first-order valence-corrected chi connectivity index (χ1v) is 10.4. The lowest BCUT2D eigenvalue weighted by atomic mass is 10.0. The number of pyridine rings is 1. The van der Waals surface area contributed by atoms with Crippen LogP contribution in [0.1, 0.15) is 23.2 Å². The summed E-state index contributed by atoms with van der Waals surface area (Å²) in [5.41, 5.74) is 2.00. The molecule has 1 aliphatic rings. The maximum atomic E-state index is 13.5. The molecule has 9 nitrogen and oxygen atoms in total. The number of hydrogen-bond donors (Lipinski definition) is 4. The molecule has 3 aromatic rings. The largest absolute Gasteiger partial charge is 0.464 e. The van der Waals surface area contributed by atoms with E-state index in [1.54, 1.807) is 12.4 Å². The number of rotatable bonds is 4. The Bertz CT molecular complexity index is 1150. The number of carbonyl (C=O) groups excluding carboxylic acids is 1. The van der Waals surface area contributed by atoms with E-state index in [1.807, 2.05) is 4.90 Å². The summed E-state index contributed by atoms with van der Waals surface area (Å²) in [7, 11) is 0. The molecular formula is C20H20BrFN6O3. The van der Waals surface area contributed by atoms with Crippen LogP contribution in [0.5, 0.6) is 0 Å². The average Bonchev–Trinajstić information content (AvgIpc) is 3.15. The number of nitrogens with one attached hydrogen (secondary N) is 2. The van der Waals surface area contributed by atoms with Crippen molar-refractivity contribution >= 4 is 50.3 Å². The number of piperidine rings is 1. The summed E-state index contributed by atoms with van der Waals surface area (Å²) >= 11 is 3.54. The van der Waals surface area contributed by atoms with Crippen molar-refractivity contribution in [1.82, 2.24) is 15.0 Å². The van der Waals surface area contributed by atoms with Gasteiger partial charge in [0.1, 0.15) is 11.5 Å². The molecule has 3 heterocycles. The zero-order valence-electron chi connectivity index (χ0n) is 16.3. The number of benzene rings is 1. The van der Waals surface area contributed by atoms with E-state index in [0.29, 0.717) is 40.7 Å². The highest BCUT2D eigenvalue weighted by atomic mass is 79.9. The van der Waals surface area contributed by atoms with E-state index >= 15 is 0 Å². The predicted octanol–water partition coefficient (Wildman–Crippen LogP) is 3.54. The summed E-state index contributed by atoms with van der Waals surface area (Å²) in [6.45, 7) is 1.08. The molecule has 2 aromatic heterocycles. The second-order valence-electron chi connectivity index (χ2n) is 7.28. The van der Waals surface area contributed by atoms with Gasteiger partial charge in [-0.25, -0.2) is 25.0 Å². The molecule has 1 aliphatic heterocycles. The van der Waals surface area contributed by atoms with Crippen LogP contribution in [0.3, 0.4) is 0 Å². The Balaban J connectivity index is 1.69. The molecule has 0 saturated carbocycles. The van der Waals surface area contributed by atoms with Crippen LogP contribution in [0.2, 0.25) is 0 Å². The third-order valence-corrected chi connectivity index (χ3v) is 5.87. The van der Waals surface area contributed by atoms with Crippen LogP contribution in [-0.2, 0) is 0 Å². The van der Waals surface area contributed by atoms with Gasteiger partial charge in [-0.1, -0.05) is 6.07 Å². The number of halogens is 2. The number of hydrazine groups is 1. The number of aromatic nitrogens is 2. The van der Waals surface area contributed by atoms with Crippen LogP contribution in [-0.4, -0.2) is 51.2 Å². The number of carboxylic acid groups (broad SMARTS) is 1. The third-order valence-electron chi connectivity index (χ3n) is 5.29. The Hall–Kier alpha value is -3.18. The fraction of sp³-hybridized carbons (Fsp3) is 0.250. The minimum Gasteiger partial charge on any atom is -0.464 e. The van der Waals surface area contributed by atoms with Crippen molar-refractivity contribution in [1.29, 1.82) is 0 Å². The van der Waals surface area contributed by atoms with E-state index < -0.39 is 17.8 Å². The smallest absolute Gasteiger partial charge is 0.421 e. The number of fused-ring (bicyclic) bond motifs is 1. The highest BCUT2D eigenvalue weighted by molar-refractivity contribution is 9.10. The summed E-state index contributed by atoms with van der Waals surface area (Å²) in [6.07, 6.45) is 3.49. The zero-order chi connectivity index (χ0) is 22.1. The molecule has 0 spiro atoms. The van der Waals surface area contributed by atoms with E-state index in [1.165, 1.54) is 18.2 Å². The summed E-state index contributed by atoms with van der Waals surface area (Å²) in [4.78, 5) is 33.4. The topological polar surface area (TPSA) is 128 Å². The van der Waals surface area contributed by atoms with Gasteiger partial charge in [0.25, 0.3) is 5.91 Å². The molecule has 1 fully saturated rings. The molecule has 5 N–H and O–H groups in total. The molecule has 31 heavy (non-hydrogen) atoms. The van der Waals surface area contributed by atoms with Crippen LogP contribution in [0.25, 0.3) is 11.0 Å². The van der Waals surface area contributed by atoms with Gasteiger partial charge in [-0.3, -0.25) is 4.79 Å². The van der Waals surface area contributed by atoms with Crippen molar-refractivity contribution in [2.75, 3.05) is 23.3 Å². The van der Waals surface area contributed by atoms with Crippen molar-refractivity contribution in [3.8, 4) is 0 Å². The standard InChI is InChI=1S/C20H20BrFN6O3/c21-14-8-24-18-16(17(14)27-6-2-5-13(10-27)28(23)20(30)31)15(9-25-18)26-19(29)11-3-1-4-12(22)7-11/h1,3-4,7-9,13H,2,5-6,10,23H2,(H,24,25)(H,26,29)(H,30,31)/t13-/m1/s1. The predicted molar refractivity (Wildman–Crippen MR) is 117 cm³/mol. The van der Waals surface area contributed by atoms with Crippen molar-refractivity contribution in [3.63, 3.8) is 0 Å². The van der Waals surface area contributed by atoms with Gasteiger partial charge in [0.05, 0.1) is 27.3 Å². The fourth-order valence-corrected chi connectivity index (χ4v) is 4.38. The van der Waals surface area contributed by atoms with Gasteiger partial charge >= 0.3 is 6.09 Å². The Morgan fingerprint density at radius 2 is 2.23 bits per heavy atom. The van der Waals surface area contributed by atoms with E-state index in [-0.39, 0.29) is 11.6 Å². The first kappa shape index (κ1) is 21.1. The molecule has 162 valence electrons. The average molecular weight is 491 g/mol. The number of nitrogens with two attached hydrogens (primary N) is 1. The van der Waals surface area contributed by atoms with E-state index in [2.05, 4.69) is 31.2 Å². The fourth-order valence-electron chi connectivity index (χ4n) is 3.83. The van der Waals surface area contributed by atoms with Gasteiger partial charge in [0.15, 0.2) is 0 Å². The normalized spacial score (nSPS) is 16.4. The molecule has 0 radical (unpaired) electrons. The molecule has 1 atom stereocenters. The first-order valence-electron chi connectivity index (χ1n) is 9.59. The van der Waals surface area contributed by atoms with Gasteiger partial charge in [0.2, 0.25) is 0 Å². The van der Waals surface area contributed by atoms with Gasteiger partial charge in [-0.05, 0) is 47.0 Å². The molecule has 0 aliphatic carbocycles. The van der Waals surface area contributed by atoms with Crippen LogP contribution in [0.15, 0.2) is 41.1 Å². The lowest BCUT2D eigenvalue weighted by Gasteiger charge is -2.38. The van der Waals surface area contributed by atoms with E-state index in [0.717, 1.165) is 23.2 Å². The summed E-state index contributed by atoms with van der Waals surface area (Å²) in [6, 6.07) is 5.06. The summed E-state index contributed by atoms with van der Waals surface area (Å²) in [5, 5.41) is 13.6.